The van der Waals surface area contributed by atoms with Crippen LogP contribution in [0.4, 0.5) is 0 Å². The van der Waals surface area contributed by atoms with E-state index >= 15 is 0 Å². The van der Waals surface area contributed by atoms with Gasteiger partial charge in [-0.3, -0.25) is 0 Å². The van der Waals surface area contributed by atoms with Crippen LogP contribution in [0.5, 0.6) is 0 Å². The molecule has 0 spiro atoms. The number of fused-ring (bicyclic) bond motifs is 2. The van der Waals surface area contributed by atoms with Crippen LogP contribution < -0.4 is 0 Å². The summed E-state index contributed by atoms with van der Waals surface area (Å²) in [6, 6.07) is 0. The molecule has 23 heavy (non-hydrogen) atoms. The molecule has 0 radical (unpaired) electrons. The molecule has 0 aliphatic heterocycles. The highest BCUT2D eigenvalue weighted by atomic mass is 28.5. The summed E-state index contributed by atoms with van der Waals surface area (Å²) in [6.07, 6.45) is 8.15. The Morgan fingerprint density at radius 3 is 2.00 bits per heavy atom. The summed E-state index contributed by atoms with van der Waals surface area (Å²) in [6.45, 7) is 19.4. The van der Waals surface area contributed by atoms with Gasteiger partial charge in [0.15, 0.2) is 0 Å². The number of hydrogen-bond acceptors (Lipinski definition) is 3. The minimum atomic E-state index is -2.89. The van der Waals surface area contributed by atoms with Crippen molar-refractivity contribution in [2.75, 3.05) is 6.61 Å². The predicted molar refractivity (Wildman–Crippen MR) is 104 cm³/mol. The Hall–Kier alpha value is -0.249. The first kappa shape index (κ1) is 19.1. The van der Waals surface area contributed by atoms with E-state index in [0.717, 1.165) is 12.8 Å². The molecule has 0 aromatic carbocycles. The minimum Gasteiger partial charge on any atom is -0.412 e. The van der Waals surface area contributed by atoms with Crippen molar-refractivity contribution in [1.82, 2.24) is 0 Å². The molecule has 1 fully saturated rings. The first-order chi connectivity index (χ1) is 10.6. The Kier molecular flexibility index (Phi) is 5.45. The van der Waals surface area contributed by atoms with E-state index < -0.39 is 25.4 Å². The summed E-state index contributed by atoms with van der Waals surface area (Å²) in [5.41, 5.74) is 3.97. The quantitative estimate of drug-likeness (QED) is 0.425. The fourth-order valence-electron chi connectivity index (χ4n) is 3.52. The second-order valence-electron chi connectivity index (χ2n) is 7.83. The van der Waals surface area contributed by atoms with Gasteiger partial charge in [0.05, 0.1) is 5.04 Å². The molecule has 1 saturated carbocycles. The Morgan fingerprint density at radius 2 is 1.70 bits per heavy atom. The molecule has 130 valence electrons. The molecule has 2 bridgehead atoms. The first-order valence-corrected chi connectivity index (χ1v) is 16.3. The Balaban J connectivity index is 2.48. The van der Waals surface area contributed by atoms with Gasteiger partial charge in [-0.2, -0.15) is 0 Å². The van der Waals surface area contributed by atoms with Crippen LogP contribution in [0.1, 0.15) is 26.2 Å². The second-order valence-corrected chi connectivity index (χ2v) is 19.1. The van der Waals surface area contributed by atoms with Crippen molar-refractivity contribution in [3.05, 3.63) is 36.7 Å². The molecule has 0 aromatic rings. The van der Waals surface area contributed by atoms with Crippen LogP contribution in [0, 0.1) is 5.92 Å². The maximum absolute atomic E-state index is 6.81. The van der Waals surface area contributed by atoms with Gasteiger partial charge in [-0.25, -0.2) is 0 Å². The summed E-state index contributed by atoms with van der Waals surface area (Å²) in [4.78, 5) is 0. The predicted octanol–water partition coefficient (Wildman–Crippen LogP) is 4.97. The average molecular weight is 369 g/mol. The maximum Gasteiger partial charge on any atom is 0.491 e. The number of rotatable bonds is 9. The molecular formula is C17H32O3Si3. The highest BCUT2D eigenvalue weighted by Crippen LogP contribution is 2.62. The van der Waals surface area contributed by atoms with Crippen molar-refractivity contribution >= 4 is 25.4 Å². The fourth-order valence-corrected chi connectivity index (χ4v) is 14.3. The lowest BCUT2D eigenvalue weighted by atomic mass is 10.1. The molecule has 3 nitrogen and oxygen atoms in total. The monoisotopic (exact) mass is 368 g/mol. The van der Waals surface area contributed by atoms with E-state index in [9.17, 15) is 0 Å². The van der Waals surface area contributed by atoms with Crippen LogP contribution >= 0.6 is 0 Å². The molecule has 0 heterocycles. The number of hydrogen-bond donors (Lipinski definition) is 0. The SMILES string of the molecule is C=C[Si](C)(C)O[Si](OCC)(O[Si](C)(C)C=C)C12C=CC(CC1)C2. The van der Waals surface area contributed by atoms with Crippen molar-refractivity contribution < 1.29 is 12.7 Å². The summed E-state index contributed by atoms with van der Waals surface area (Å²) in [5.74, 6) is 0.663. The van der Waals surface area contributed by atoms with Crippen LogP contribution in [-0.2, 0) is 12.7 Å². The molecule has 2 aliphatic rings. The van der Waals surface area contributed by atoms with E-state index in [2.05, 4.69) is 51.5 Å². The third-order valence-corrected chi connectivity index (χ3v) is 15.8. The van der Waals surface area contributed by atoms with Gasteiger partial charge in [-0.1, -0.05) is 23.6 Å². The molecule has 2 unspecified atom stereocenters. The summed E-state index contributed by atoms with van der Waals surface area (Å²) in [5, 5.41) is -0.0474. The number of allylic oxidation sites excluding steroid dienone is 2. The zero-order chi connectivity index (χ0) is 17.4. The van der Waals surface area contributed by atoms with Crippen molar-refractivity contribution in [3.63, 3.8) is 0 Å². The Bertz CT molecular complexity index is 479. The molecule has 0 amide bonds. The minimum absolute atomic E-state index is 0.0474. The summed E-state index contributed by atoms with van der Waals surface area (Å²) >= 11 is 0. The molecule has 2 aliphatic carbocycles. The first-order valence-electron chi connectivity index (χ1n) is 8.64. The zero-order valence-electron chi connectivity index (χ0n) is 15.4. The standard InChI is InChI=1S/C17H32O3Si3/c1-8-18-23(19-21(4,5)9-2,20-22(6,7)10-3)17-13-11-16(15-17)12-14-17/h9-11,13,16H,2-3,8,12,14-15H2,1,4-7H3. The van der Waals surface area contributed by atoms with E-state index in [1.54, 1.807) is 0 Å². The largest absolute Gasteiger partial charge is 0.491 e. The van der Waals surface area contributed by atoms with Crippen molar-refractivity contribution in [2.24, 2.45) is 5.92 Å². The molecule has 2 rings (SSSR count). The van der Waals surface area contributed by atoms with Gasteiger partial charge in [0.1, 0.15) is 0 Å². The molecule has 0 saturated heterocycles. The molecule has 0 aromatic heterocycles. The lowest BCUT2D eigenvalue weighted by Crippen LogP contribution is -2.63. The van der Waals surface area contributed by atoms with Crippen LogP contribution in [0.25, 0.3) is 0 Å². The maximum atomic E-state index is 6.81. The normalized spacial score (nSPS) is 27.4. The van der Waals surface area contributed by atoms with Gasteiger partial charge in [-0.15, -0.1) is 13.2 Å². The summed E-state index contributed by atoms with van der Waals surface area (Å²) in [7, 11) is -6.98. The fraction of sp³-hybridized carbons (Fsp3) is 0.647. The highest BCUT2D eigenvalue weighted by Gasteiger charge is 2.66. The third kappa shape index (κ3) is 3.72. The lowest BCUT2D eigenvalue weighted by Gasteiger charge is -2.47. The van der Waals surface area contributed by atoms with Crippen molar-refractivity contribution in [3.8, 4) is 0 Å². The molecule has 6 heteroatoms. The van der Waals surface area contributed by atoms with Crippen molar-refractivity contribution in [2.45, 2.75) is 57.4 Å². The van der Waals surface area contributed by atoms with Crippen molar-refractivity contribution in [1.29, 1.82) is 0 Å². The Morgan fingerprint density at radius 1 is 1.13 bits per heavy atom. The highest BCUT2D eigenvalue weighted by molar-refractivity contribution is 6.90. The van der Waals surface area contributed by atoms with Crippen LogP contribution in [0.15, 0.2) is 36.7 Å². The van der Waals surface area contributed by atoms with Gasteiger partial charge in [0.25, 0.3) is 0 Å². The van der Waals surface area contributed by atoms with Gasteiger partial charge >= 0.3 is 8.80 Å². The van der Waals surface area contributed by atoms with Gasteiger partial charge in [-0.05, 0) is 58.3 Å². The zero-order valence-corrected chi connectivity index (χ0v) is 18.4. The topological polar surface area (TPSA) is 27.7 Å². The lowest BCUT2D eigenvalue weighted by molar-refractivity contribution is 0.144. The Labute approximate surface area is 145 Å². The van der Waals surface area contributed by atoms with E-state index in [0.29, 0.717) is 12.5 Å². The summed E-state index contributed by atoms with van der Waals surface area (Å²) < 4.78 is 20.0. The van der Waals surface area contributed by atoms with Gasteiger partial charge < -0.3 is 12.7 Å². The second kappa shape index (κ2) is 6.57. The average Bonchev–Trinajstić information content (AvgIpc) is 3.09. The van der Waals surface area contributed by atoms with Crippen LogP contribution in [0.2, 0.25) is 31.2 Å². The van der Waals surface area contributed by atoms with Crippen LogP contribution in [-0.4, -0.2) is 32.0 Å². The van der Waals surface area contributed by atoms with E-state index in [1.807, 2.05) is 18.3 Å². The molecular weight excluding hydrogens is 336 g/mol. The van der Waals surface area contributed by atoms with E-state index in [1.165, 1.54) is 6.42 Å². The van der Waals surface area contributed by atoms with E-state index in [-0.39, 0.29) is 5.04 Å². The third-order valence-electron chi connectivity index (χ3n) is 5.00. The van der Waals surface area contributed by atoms with Gasteiger partial charge in [0.2, 0.25) is 16.6 Å². The van der Waals surface area contributed by atoms with Crippen LogP contribution in [0.3, 0.4) is 0 Å². The van der Waals surface area contributed by atoms with E-state index in [4.69, 9.17) is 12.7 Å². The molecule has 0 N–H and O–H groups in total. The molecule has 2 atom stereocenters. The van der Waals surface area contributed by atoms with Gasteiger partial charge in [0, 0.05) is 6.61 Å². The smallest absolute Gasteiger partial charge is 0.412 e.